The molecule has 1 fully saturated rings. The van der Waals surface area contributed by atoms with Crippen molar-refractivity contribution >= 4 is 20.2 Å². The van der Waals surface area contributed by atoms with Crippen molar-refractivity contribution in [3.8, 4) is 0 Å². The van der Waals surface area contributed by atoms with Gasteiger partial charge in [0.15, 0.2) is 20.7 Å². The van der Waals surface area contributed by atoms with Crippen molar-refractivity contribution in [2.45, 2.75) is 83.4 Å². The lowest BCUT2D eigenvalue weighted by Gasteiger charge is -2.45. The van der Waals surface area contributed by atoms with Crippen molar-refractivity contribution < 1.29 is 33.3 Å². The molecule has 8 nitrogen and oxygen atoms in total. The summed E-state index contributed by atoms with van der Waals surface area (Å²) >= 11 is 0. The first-order valence-corrected chi connectivity index (χ1v) is 11.7. The second-order valence-corrected chi connectivity index (χ2v) is 13.0. The molecule has 0 spiro atoms. The third kappa shape index (κ3) is 5.75. The molecule has 9 heteroatoms. The van der Waals surface area contributed by atoms with E-state index in [0.717, 1.165) is 0 Å². The van der Waals surface area contributed by atoms with Gasteiger partial charge in [-0.1, -0.05) is 20.8 Å². The van der Waals surface area contributed by atoms with E-state index in [4.69, 9.17) is 18.6 Å². The number of amides is 1. The quantitative estimate of drug-likeness (QED) is 0.517. The molecule has 0 aromatic carbocycles. The number of aliphatic hydroxyl groups is 1. The zero-order chi connectivity index (χ0) is 20.3. The SMILES string of the molecule is CO[C@@H]1O[C@H](CO[Si](C)(C)C(C)(C)C)[C@@H](O)[C@H](OC(C)=O)[C@H]1NC(C)=O. The number of carbonyl (C=O) groups excluding carboxylic acids is 2. The minimum Gasteiger partial charge on any atom is -0.457 e. The molecule has 1 aliphatic heterocycles. The highest BCUT2D eigenvalue weighted by Crippen LogP contribution is 2.37. The minimum absolute atomic E-state index is 0.00127. The van der Waals surface area contributed by atoms with Gasteiger partial charge in [-0.15, -0.1) is 0 Å². The Morgan fingerprint density at radius 1 is 1.23 bits per heavy atom. The number of hydrogen-bond donors (Lipinski definition) is 2. The number of rotatable bonds is 6. The zero-order valence-electron chi connectivity index (χ0n) is 17.0. The summed E-state index contributed by atoms with van der Waals surface area (Å²) in [7, 11) is -0.633. The van der Waals surface area contributed by atoms with Crippen molar-refractivity contribution in [2.75, 3.05) is 13.7 Å². The number of esters is 1. The second kappa shape index (κ2) is 8.79. The number of hydrogen-bond acceptors (Lipinski definition) is 7. The van der Waals surface area contributed by atoms with E-state index in [0.29, 0.717) is 0 Å². The van der Waals surface area contributed by atoms with Crippen LogP contribution in [0.3, 0.4) is 0 Å². The van der Waals surface area contributed by atoms with E-state index in [-0.39, 0.29) is 17.6 Å². The number of nitrogens with one attached hydrogen (secondary N) is 1. The van der Waals surface area contributed by atoms with Crippen LogP contribution in [-0.2, 0) is 28.2 Å². The van der Waals surface area contributed by atoms with Crippen LogP contribution in [0.1, 0.15) is 34.6 Å². The maximum absolute atomic E-state index is 11.5. The van der Waals surface area contributed by atoms with Gasteiger partial charge in [0.25, 0.3) is 0 Å². The fraction of sp³-hybridized carbons (Fsp3) is 0.882. The van der Waals surface area contributed by atoms with Gasteiger partial charge in [-0.25, -0.2) is 0 Å². The third-order valence-electron chi connectivity index (χ3n) is 4.99. The molecule has 1 aliphatic rings. The Hall–Kier alpha value is -1.00. The summed E-state index contributed by atoms with van der Waals surface area (Å²) in [6.07, 6.45) is -3.78. The number of ether oxygens (including phenoxy) is 3. The van der Waals surface area contributed by atoms with Gasteiger partial charge in [-0.3, -0.25) is 9.59 Å². The lowest BCUT2D eigenvalue weighted by molar-refractivity contribution is -0.265. The first kappa shape index (κ1) is 23.0. The molecule has 2 N–H and O–H groups in total. The second-order valence-electron chi connectivity index (χ2n) is 8.14. The number of methoxy groups -OCH3 is 1. The summed E-state index contributed by atoms with van der Waals surface area (Å²) in [6, 6.07) is -0.819. The van der Waals surface area contributed by atoms with E-state index in [1.807, 2.05) is 0 Å². The monoisotopic (exact) mass is 391 g/mol. The van der Waals surface area contributed by atoms with Crippen LogP contribution in [-0.4, -0.2) is 69.7 Å². The van der Waals surface area contributed by atoms with Gasteiger partial charge in [-0.2, -0.15) is 0 Å². The average molecular weight is 392 g/mol. The van der Waals surface area contributed by atoms with Crippen molar-refractivity contribution in [3.05, 3.63) is 0 Å². The summed E-state index contributed by atoms with van der Waals surface area (Å²) in [5.41, 5.74) is 0. The van der Waals surface area contributed by atoms with Crippen LogP contribution < -0.4 is 5.32 Å². The van der Waals surface area contributed by atoms with Crippen LogP contribution >= 0.6 is 0 Å². The standard InChI is InChI=1S/C17H33NO7Si/c1-10(19)18-13-15(24-11(2)20)14(21)12(25-16(13)22-6)9-23-26(7,8)17(3,4)5/h12-16,21H,9H2,1-8H3,(H,18,19)/t12-,13-,14-,15-,16-/m1/s1. The van der Waals surface area contributed by atoms with E-state index in [9.17, 15) is 14.7 Å². The van der Waals surface area contributed by atoms with Crippen molar-refractivity contribution in [3.63, 3.8) is 0 Å². The Morgan fingerprint density at radius 3 is 2.23 bits per heavy atom. The highest BCUT2D eigenvalue weighted by molar-refractivity contribution is 6.74. The van der Waals surface area contributed by atoms with Gasteiger partial charge in [0.1, 0.15) is 18.2 Å². The molecule has 1 saturated heterocycles. The van der Waals surface area contributed by atoms with Gasteiger partial charge in [0.2, 0.25) is 5.91 Å². The summed E-state index contributed by atoms with van der Waals surface area (Å²) in [5.74, 6) is -0.911. The molecule has 152 valence electrons. The van der Waals surface area contributed by atoms with Gasteiger partial charge in [-0.05, 0) is 18.1 Å². The van der Waals surface area contributed by atoms with Gasteiger partial charge in [0.05, 0.1) is 6.61 Å². The predicted molar refractivity (Wildman–Crippen MR) is 98.0 cm³/mol. The van der Waals surface area contributed by atoms with Crippen LogP contribution in [0.2, 0.25) is 18.1 Å². The van der Waals surface area contributed by atoms with E-state index in [1.54, 1.807) is 0 Å². The molecule has 1 amide bonds. The largest absolute Gasteiger partial charge is 0.457 e. The molecule has 0 aliphatic carbocycles. The van der Waals surface area contributed by atoms with Gasteiger partial charge in [0, 0.05) is 21.0 Å². The van der Waals surface area contributed by atoms with Gasteiger partial charge < -0.3 is 29.1 Å². The first-order valence-electron chi connectivity index (χ1n) is 8.74. The molecular weight excluding hydrogens is 358 g/mol. The predicted octanol–water partition coefficient (Wildman–Crippen LogP) is 1.18. The van der Waals surface area contributed by atoms with Crippen molar-refractivity contribution in [1.29, 1.82) is 0 Å². The van der Waals surface area contributed by atoms with Crippen LogP contribution in [0.15, 0.2) is 0 Å². The topological polar surface area (TPSA) is 103 Å². The lowest BCUT2D eigenvalue weighted by atomic mass is 9.96. The summed E-state index contributed by atoms with van der Waals surface area (Å²) in [5, 5.41) is 13.3. The fourth-order valence-electron chi connectivity index (χ4n) is 2.48. The molecule has 0 aromatic rings. The molecule has 0 bridgehead atoms. The summed E-state index contributed by atoms with van der Waals surface area (Å²) < 4.78 is 22.5. The number of carbonyl (C=O) groups is 2. The fourth-order valence-corrected chi connectivity index (χ4v) is 3.50. The highest BCUT2D eigenvalue weighted by Gasteiger charge is 2.49. The zero-order valence-corrected chi connectivity index (χ0v) is 18.0. The van der Waals surface area contributed by atoms with Crippen molar-refractivity contribution in [2.24, 2.45) is 0 Å². The minimum atomic E-state index is -2.06. The van der Waals surface area contributed by atoms with Crippen LogP contribution in [0, 0.1) is 0 Å². The Labute approximate surface area is 156 Å². The number of aliphatic hydroxyl groups excluding tert-OH is 1. The van der Waals surface area contributed by atoms with Crippen LogP contribution in [0.4, 0.5) is 0 Å². The molecule has 0 radical (unpaired) electrons. The molecule has 0 saturated carbocycles. The van der Waals surface area contributed by atoms with Gasteiger partial charge >= 0.3 is 5.97 Å². The molecule has 1 rings (SSSR count). The Bertz CT molecular complexity index is 506. The maximum atomic E-state index is 11.5. The summed E-state index contributed by atoms with van der Waals surface area (Å²) in [6.45, 7) is 13.3. The Balaban J connectivity index is 2.98. The van der Waals surface area contributed by atoms with E-state index in [1.165, 1.54) is 21.0 Å². The molecular formula is C17H33NO7Si. The van der Waals surface area contributed by atoms with Crippen molar-refractivity contribution in [1.82, 2.24) is 5.32 Å². The summed E-state index contributed by atoms with van der Waals surface area (Å²) in [4.78, 5) is 23.0. The smallest absolute Gasteiger partial charge is 0.303 e. The van der Waals surface area contributed by atoms with Crippen LogP contribution in [0.25, 0.3) is 0 Å². The average Bonchev–Trinajstić information content (AvgIpc) is 2.48. The molecule has 0 aromatic heterocycles. The lowest BCUT2D eigenvalue weighted by Crippen LogP contribution is -2.66. The molecule has 26 heavy (non-hydrogen) atoms. The Morgan fingerprint density at radius 2 is 1.81 bits per heavy atom. The van der Waals surface area contributed by atoms with E-state index >= 15 is 0 Å². The van der Waals surface area contributed by atoms with E-state index in [2.05, 4.69) is 39.2 Å². The van der Waals surface area contributed by atoms with E-state index < -0.39 is 44.9 Å². The third-order valence-corrected chi connectivity index (χ3v) is 9.49. The maximum Gasteiger partial charge on any atom is 0.303 e. The molecule has 1 heterocycles. The molecule has 0 unspecified atom stereocenters. The Kier molecular flexibility index (Phi) is 7.79. The van der Waals surface area contributed by atoms with Crippen LogP contribution in [0.5, 0.6) is 0 Å². The highest BCUT2D eigenvalue weighted by atomic mass is 28.4. The first-order chi connectivity index (χ1) is 11.8. The molecule has 5 atom stereocenters. The normalized spacial score (nSPS) is 30.0.